The Labute approximate surface area is 693 Å². The Balaban J connectivity index is 0.00000440. The number of rotatable bonds is 10. The van der Waals surface area contributed by atoms with Gasteiger partial charge >= 0.3 is 44.9 Å². The van der Waals surface area contributed by atoms with Crippen molar-refractivity contribution in [2.45, 2.75) is 0 Å². The normalized spacial score (nSPS) is 12.0. The Morgan fingerprint density at radius 1 is 0.316 bits per heavy atom. The number of nitrogens with zero attached hydrogens (tertiary/aromatic N) is 18. The van der Waals surface area contributed by atoms with Crippen LogP contribution in [0.5, 0.6) is 0 Å². The Bertz CT molecular complexity index is 7340. The Morgan fingerprint density at radius 3 is 0.880 bits per heavy atom. The second-order valence-electron chi connectivity index (χ2n) is 27.8. The van der Waals surface area contributed by atoms with Crippen LogP contribution in [0.4, 0.5) is 17.1 Å². The van der Waals surface area contributed by atoms with Crippen LogP contribution < -0.4 is 24.8 Å². The van der Waals surface area contributed by atoms with E-state index in [1.54, 1.807) is 6.07 Å². The maximum atomic E-state index is 11.7. The number of carbonyl (C=O) groups is 1. The smallest absolute Gasteiger partial charge is 0.477 e. The predicted molar refractivity (Wildman–Crippen MR) is 452 cm³/mol. The van der Waals surface area contributed by atoms with Gasteiger partial charge in [-0.25, -0.2) is 24.7 Å². The minimum Gasteiger partial charge on any atom is -0.477 e. The van der Waals surface area contributed by atoms with Crippen molar-refractivity contribution in [3.05, 3.63) is 300 Å². The third kappa shape index (κ3) is 12.6. The third-order valence-corrected chi connectivity index (χ3v) is 21.9. The molecule has 0 aliphatic carbocycles. The van der Waals surface area contributed by atoms with Crippen LogP contribution in [0.25, 0.3) is 220 Å². The van der Waals surface area contributed by atoms with E-state index in [1.165, 1.54) is 17.4 Å². The van der Waals surface area contributed by atoms with Gasteiger partial charge in [-0.05, 0) is 138 Å². The summed E-state index contributed by atoms with van der Waals surface area (Å²) < 4.78 is 0. The van der Waals surface area contributed by atoms with Crippen molar-refractivity contribution in [1.29, 1.82) is 5.26 Å². The molecular formula is C94H50N18O2SZn2. The van der Waals surface area contributed by atoms with Crippen molar-refractivity contribution in [1.82, 2.24) is 79.7 Å². The number of thiophene rings is 1. The van der Waals surface area contributed by atoms with E-state index >= 15 is 0 Å². The van der Waals surface area contributed by atoms with Crippen molar-refractivity contribution >= 4 is 153 Å². The van der Waals surface area contributed by atoms with Crippen molar-refractivity contribution in [2.75, 3.05) is 4.90 Å². The van der Waals surface area contributed by atoms with Crippen LogP contribution >= 0.6 is 11.3 Å². The summed E-state index contributed by atoms with van der Waals surface area (Å²) in [5.41, 5.74) is 17.4. The van der Waals surface area contributed by atoms with Crippen molar-refractivity contribution in [2.24, 2.45) is 0 Å². The Kier molecular flexibility index (Phi) is 17.6. The summed E-state index contributed by atoms with van der Waals surface area (Å²) in [5, 5.41) is 25.7. The van der Waals surface area contributed by atoms with E-state index < -0.39 is 5.97 Å². The molecule has 0 radical (unpaired) electrons. The fourth-order valence-corrected chi connectivity index (χ4v) is 16.2. The van der Waals surface area contributed by atoms with Gasteiger partial charge in [-0.3, -0.25) is 0 Å². The second-order valence-corrected chi connectivity index (χ2v) is 28.9. The molecule has 0 unspecified atom stereocenters. The first-order valence-electron chi connectivity index (χ1n) is 36.8. The first kappa shape index (κ1) is 71.1. The van der Waals surface area contributed by atoms with E-state index in [1.807, 2.05) is 170 Å². The fourth-order valence-electron chi connectivity index (χ4n) is 15.2. The van der Waals surface area contributed by atoms with Gasteiger partial charge in [-0.15, -0.1) is 11.3 Å². The van der Waals surface area contributed by atoms with Gasteiger partial charge in [0.05, 0.1) is 46.6 Å². The van der Waals surface area contributed by atoms with Crippen LogP contribution in [-0.2, 0) is 43.8 Å². The van der Waals surface area contributed by atoms with Crippen LogP contribution in [0.2, 0.25) is 0 Å². The van der Waals surface area contributed by atoms with Crippen LogP contribution in [-0.4, -0.2) is 70.9 Å². The summed E-state index contributed by atoms with van der Waals surface area (Å²) in [7, 11) is 0. The number of nitriles is 1. The maximum absolute atomic E-state index is 11.7. The third-order valence-electron chi connectivity index (χ3n) is 20.8. The van der Waals surface area contributed by atoms with Gasteiger partial charge in [0.25, 0.3) is 0 Å². The number of hydrogen-bond donors (Lipinski definition) is 1. The molecular weight excluding hydrogens is 1580 g/mol. The van der Waals surface area contributed by atoms with Gasteiger partial charge in [0.15, 0.2) is 0 Å². The molecule has 23 heteroatoms. The van der Waals surface area contributed by atoms with Crippen molar-refractivity contribution < 1.29 is 48.9 Å². The van der Waals surface area contributed by atoms with Crippen LogP contribution in [0, 0.1) is 11.3 Å². The summed E-state index contributed by atoms with van der Waals surface area (Å²) in [4.78, 5) is 97.3. The average Bonchev–Trinajstić information content (AvgIpc) is 1.61. The van der Waals surface area contributed by atoms with E-state index in [2.05, 4.69) is 126 Å². The number of fused-ring (bicyclic) bond motifs is 40. The Morgan fingerprint density at radius 2 is 0.581 bits per heavy atom. The van der Waals surface area contributed by atoms with Crippen molar-refractivity contribution in [3.63, 3.8) is 0 Å². The molecule has 0 atom stereocenters. The minimum absolute atomic E-state index is 0. The number of carboxylic acids is 1. The first-order chi connectivity index (χ1) is 56.6. The summed E-state index contributed by atoms with van der Waals surface area (Å²) in [6.07, 6.45) is 9.73. The number of carboxylic acid groups (broad SMARTS) is 1. The number of hydrogen-bond acceptors (Lipinski definition) is 16. The predicted octanol–water partition coefficient (Wildman–Crippen LogP) is 20.1. The zero-order valence-corrected chi connectivity index (χ0v) is 68.3. The molecule has 0 fully saturated rings. The van der Waals surface area contributed by atoms with Crippen LogP contribution in [0.1, 0.15) is 27.1 Å². The van der Waals surface area contributed by atoms with Gasteiger partial charge in [0.1, 0.15) is 11.6 Å². The average molecular weight is 1630 g/mol. The number of aromatic nitrogens is 16. The van der Waals surface area contributed by atoms with Gasteiger partial charge in [-0.1, -0.05) is 231 Å². The molecule has 0 saturated heterocycles. The maximum Gasteiger partial charge on any atom is 2.00 e. The number of benzene rings is 11. The van der Waals surface area contributed by atoms with E-state index in [-0.39, 0.29) is 44.5 Å². The van der Waals surface area contributed by atoms with E-state index in [4.69, 9.17) is 79.7 Å². The number of aliphatic carboxylic acids is 1. The SMILES string of the molecule is N#C/C(=C\c1ccc(-c2ccc(N(c3ccc(/C=C/c4ccc5c(c4)-c4nc-5nc5[n-]c(nc6nc(nc7[n-]c(n4)c4ccccc74)-c4ccccc4-6)c4ccccc54)cc3)c3ccc(/C=C/c4ccc5c(c4)-c4nc-5nc5[n-]c(nc6nc(nc7[n-]c(n4)c4ccccc74)-c4ccccc4-6)c4ccccc54)cc3)cc2)s1)C(=O)O.[Zn+2].[Zn+2]. The molecule has 0 saturated carbocycles. The largest absolute Gasteiger partial charge is 2.00 e. The molecule has 11 heterocycles. The number of anilines is 3. The van der Waals surface area contributed by atoms with E-state index in [0.29, 0.717) is 96.6 Å². The molecule has 1 N–H and O–H groups in total. The minimum atomic E-state index is -1.27. The molecule has 7 aromatic heterocycles. The van der Waals surface area contributed by atoms with Crippen LogP contribution in [0.3, 0.4) is 0 Å². The quantitative estimate of drug-likeness (QED) is 0.0576. The molecule has 4 aliphatic rings. The van der Waals surface area contributed by atoms with Gasteiger partial charge in [0, 0.05) is 117 Å². The molecule has 538 valence electrons. The molecule has 11 aromatic carbocycles. The molecule has 4 aliphatic heterocycles. The summed E-state index contributed by atoms with van der Waals surface area (Å²) >= 11 is 1.41. The first-order valence-corrected chi connectivity index (χ1v) is 37.7. The molecule has 0 spiro atoms. The topological polar surface area (TPSA) is 275 Å². The molecule has 20 nitrogen and oxygen atoms in total. The molecule has 18 aromatic rings. The zero-order chi connectivity index (χ0) is 76.4. The molecule has 22 rings (SSSR count). The second kappa shape index (κ2) is 28.9. The van der Waals surface area contributed by atoms with Gasteiger partial charge < -0.3 is 69.8 Å². The molecule has 0 amide bonds. The molecule has 117 heavy (non-hydrogen) atoms. The fraction of sp³-hybridized carbons (Fsp3) is 0. The van der Waals surface area contributed by atoms with Gasteiger partial charge in [-0.2, -0.15) is 5.26 Å². The molecule has 16 bridgehead atoms. The summed E-state index contributed by atoms with van der Waals surface area (Å²) in [6, 6.07) is 90.6. The van der Waals surface area contributed by atoms with E-state index in [9.17, 15) is 15.2 Å². The van der Waals surface area contributed by atoms with Crippen LogP contribution in [0.15, 0.2) is 272 Å². The Hall–Kier alpha value is -14.9. The van der Waals surface area contributed by atoms with Gasteiger partial charge in [0.2, 0.25) is 0 Å². The summed E-state index contributed by atoms with van der Waals surface area (Å²) in [6.45, 7) is 0. The zero-order valence-electron chi connectivity index (χ0n) is 61.5. The van der Waals surface area contributed by atoms with Crippen molar-refractivity contribution in [3.8, 4) is 108 Å². The standard InChI is InChI=1S/C94H51N18O2S.2Zn/c95-50-56(94(113)114)49-60-43-46-77(115-60)55-35-41-59(42-36-55)112(57-37-29-51(30-38-57)25-27-53-33-44-73-75(47-53)92-108-88-71-23-11-9-21-69(71)84(104-88)100-80-63-15-3-1-13-61(63)78(96-80)98-82-65-17-5-7-19-67(65)86(102-82)106-90(73)110-92)58-39-31-52(32-40-58)26-28-54-34-45-74-76(48-54)93-109-89-72-24-12-10-22-70(72)85(105-89)101-81-64-16-4-2-14-62(64)79(97-81)99-83-66-18-6-8-20-68(66)87(103-83)107-91(74)111-93;;/h1-49H,(H2-3,96,97,98,99,100,101,102,103,104,105,106,107,108,109,110,111,113,114);;/q-3;2*+2/p-1/b27-25+,28-26+,56-49+;;. The monoisotopic (exact) mass is 1620 g/mol. The summed E-state index contributed by atoms with van der Waals surface area (Å²) in [5.74, 6) is 2.55. The van der Waals surface area contributed by atoms with E-state index in [0.717, 1.165) is 137 Å².